The number of hydrogen-bond donors (Lipinski definition) is 0. The molecule has 32 heavy (non-hydrogen) atoms. The van der Waals surface area contributed by atoms with Gasteiger partial charge < -0.3 is 9.64 Å². The molecule has 10 heteroatoms. The second-order valence-corrected chi connectivity index (χ2v) is 10.6. The van der Waals surface area contributed by atoms with Gasteiger partial charge in [-0.2, -0.15) is 9.57 Å². The van der Waals surface area contributed by atoms with E-state index >= 15 is 0 Å². The van der Waals surface area contributed by atoms with Gasteiger partial charge in [0.25, 0.3) is 0 Å². The van der Waals surface area contributed by atoms with Crippen LogP contribution in [-0.2, 0) is 14.8 Å². The minimum absolute atomic E-state index is 0.0651. The molecule has 0 N–H and O–H groups in total. The maximum atomic E-state index is 13.5. The summed E-state index contributed by atoms with van der Waals surface area (Å²) in [6, 6.07) is 10.8. The van der Waals surface area contributed by atoms with Gasteiger partial charge in [0.1, 0.15) is 16.4 Å². The Balaban J connectivity index is 1.58. The molecule has 7 nitrogen and oxygen atoms in total. The van der Waals surface area contributed by atoms with Gasteiger partial charge in [-0.15, -0.1) is 0 Å². The summed E-state index contributed by atoms with van der Waals surface area (Å²) in [5.41, 5.74) is 0.193. The van der Waals surface area contributed by atoms with E-state index in [1.165, 1.54) is 40.7 Å². The molecule has 0 spiro atoms. The standard InChI is InChI=1S/C22H21Cl2N3O4S/c23-17-11-18(24)13-19(12-17)31-20-5-4-15(14-25)10-21(20)32(29,30)27-8-6-26(7-9-27)22(28)16-2-1-3-16/h4-5,10-13,16H,1-3,6-9H2. The van der Waals surface area contributed by atoms with Crippen LogP contribution in [-0.4, -0.2) is 49.7 Å². The van der Waals surface area contributed by atoms with E-state index in [0.717, 1.165) is 19.3 Å². The highest BCUT2D eigenvalue weighted by molar-refractivity contribution is 7.89. The smallest absolute Gasteiger partial charge is 0.246 e. The molecule has 1 aliphatic carbocycles. The van der Waals surface area contributed by atoms with Crippen LogP contribution in [0.2, 0.25) is 10.0 Å². The lowest BCUT2D eigenvalue weighted by Gasteiger charge is -2.37. The van der Waals surface area contributed by atoms with Gasteiger partial charge >= 0.3 is 0 Å². The van der Waals surface area contributed by atoms with Gasteiger partial charge in [0.15, 0.2) is 0 Å². The summed E-state index contributed by atoms with van der Waals surface area (Å²) in [5.74, 6) is 0.534. The summed E-state index contributed by atoms with van der Waals surface area (Å²) in [7, 11) is -3.97. The van der Waals surface area contributed by atoms with Gasteiger partial charge in [-0.1, -0.05) is 29.6 Å². The fraction of sp³-hybridized carbons (Fsp3) is 0.364. The van der Waals surface area contributed by atoms with Gasteiger partial charge in [0, 0.05) is 42.1 Å². The third-order valence-corrected chi connectivity index (χ3v) is 8.12. The fourth-order valence-corrected chi connectivity index (χ4v) is 5.85. The highest BCUT2D eigenvalue weighted by Gasteiger charge is 2.35. The van der Waals surface area contributed by atoms with E-state index < -0.39 is 10.0 Å². The Labute approximate surface area is 197 Å². The van der Waals surface area contributed by atoms with Crippen molar-refractivity contribution < 1.29 is 17.9 Å². The van der Waals surface area contributed by atoms with Crippen molar-refractivity contribution in [1.29, 1.82) is 5.26 Å². The van der Waals surface area contributed by atoms with Crippen LogP contribution in [0.25, 0.3) is 0 Å². The van der Waals surface area contributed by atoms with Crippen LogP contribution in [0.5, 0.6) is 11.5 Å². The molecule has 4 rings (SSSR count). The highest BCUT2D eigenvalue weighted by atomic mass is 35.5. The van der Waals surface area contributed by atoms with Crippen molar-refractivity contribution in [2.24, 2.45) is 5.92 Å². The summed E-state index contributed by atoms with van der Waals surface area (Å²) in [4.78, 5) is 14.1. The molecule has 2 aromatic carbocycles. The summed E-state index contributed by atoms with van der Waals surface area (Å²) in [5, 5.41) is 9.98. The molecule has 1 saturated carbocycles. The van der Waals surface area contributed by atoms with E-state index in [4.69, 9.17) is 27.9 Å². The van der Waals surface area contributed by atoms with Crippen molar-refractivity contribution in [3.8, 4) is 17.6 Å². The lowest BCUT2D eigenvalue weighted by atomic mass is 9.84. The summed E-state index contributed by atoms with van der Waals surface area (Å²) in [6.45, 7) is 1.04. The van der Waals surface area contributed by atoms with E-state index in [9.17, 15) is 18.5 Å². The fourth-order valence-electron chi connectivity index (χ4n) is 3.78. The molecular weight excluding hydrogens is 473 g/mol. The summed E-state index contributed by atoms with van der Waals surface area (Å²) >= 11 is 12.1. The minimum atomic E-state index is -3.97. The zero-order valence-corrected chi connectivity index (χ0v) is 19.5. The second kappa shape index (κ2) is 9.28. The molecule has 1 heterocycles. The Morgan fingerprint density at radius 2 is 1.69 bits per heavy atom. The Hall–Kier alpha value is -2.31. The number of ether oxygens (including phenoxy) is 1. The van der Waals surface area contributed by atoms with E-state index in [1.54, 1.807) is 4.90 Å². The van der Waals surface area contributed by atoms with Gasteiger partial charge in [-0.25, -0.2) is 8.42 Å². The lowest BCUT2D eigenvalue weighted by Crippen LogP contribution is -2.52. The molecule has 1 amide bonds. The molecular formula is C22H21Cl2N3O4S. The third kappa shape index (κ3) is 4.71. The first kappa shape index (κ1) is 22.9. The lowest BCUT2D eigenvalue weighted by molar-refractivity contribution is -0.139. The highest BCUT2D eigenvalue weighted by Crippen LogP contribution is 2.35. The molecule has 2 fully saturated rings. The van der Waals surface area contributed by atoms with Crippen molar-refractivity contribution in [2.75, 3.05) is 26.2 Å². The maximum absolute atomic E-state index is 13.5. The van der Waals surface area contributed by atoms with E-state index in [1.807, 2.05) is 6.07 Å². The molecule has 0 atom stereocenters. The Morgan fingerprint density at radius 3 is 2.25 bits per heavy atom. The molecule has 0 bridgehead atoms. The number of carbonyl (C=O) groups is 1. The molecule has 0 radical (unpaired) electrons. The van der Waals surface area contributed by atoms with Crippen molar-refractivity contribution in [3.63, 3.8) is 0 Å². The number of hydrogen-bond acceptors (Lipinski definition) is 5. The summed E-state index contributed by atoms with van der Waals surface area (Å²) < 4.78 is 34.1. The molecule has 1 saturated heterocycles. The Morgan fingerprint density at radius 1 is 1.03 bits per heavy atom. The average molecular weight is 494 g/mol. The SMILES string of the molecule is N#Cc1ccc(Oc2cc(Cl)cc(Cl)c2)c(S(=O)(=O)N2CCN(C(=O)C3CCC3)CC2)c1. The first-order valence-electron chi connectivity index (χ1n) is 10.2. The predicted octanol–water partition coefficient (Wildman–Crippen LogP) is 4.29. The average Bonchev–Trinajstić information content (AvgIpc) is 2.72. The van der Waals surface area contributed by atoms with Crippen molar-refractivity contribution in [2.45, 2.75) is 24.2 Å². The summed E-state index contributed by atoms with van der Waals surface area (Å²) in [6.07, 6.45) is 2.89. The van der Waals surface area contributed by atoms with Crippen molar-refractivity contribution in [1.82, 2.24) is 9.21 Å². The Bertz CT molecular complexity index is 1160. The number of benzene rings is 2. The van der Waals surface area contributed by atoms with E-state index in [2.05, 4.69) is 0 Å². The minimum Gasteiger partial charge on any atom is -0.456 e. The Kier molecular flexibility index (Phi) is 6.63. The molecule has 0 unspecified atom stereocenters. The molecule has 168 valence electrons. The van der Waals surface area contributed by atoms with Gasteiger partial charge in [-0.05, 0) is 49.2 Å². The third-order valence-electron chi connectivity index (χ3n) is 5.76. The number of sulfonamides is 1. The largest absolute Gasteiger partial charge is 0.456 e. The van der Waals surface area contributed by atoms with Crippen LogP contribution in [0, 0.1) is 17.2 Å². The first-order valence-corrected chi connectivity index (χ1v) is 12.4. The van der Waals surface area contributed by atoms with Gasteiger partial charge in [0.2, 0.25) is 15.9 Å². The van der Waals surface area contributed by atoms with E-state index in [-0.39, 0.29) is 46.9 Å². The van der Waals surface area contributed by atoms with Crippen LogP contribution in [0.1, 0.15) is 24.8 Å². The predicted molar refractivity (Wildman–Crippen MR) is 120 cm³/mol. The topological polar surface area (TPSA) is 90.7 Å². The van der Waals surface area contributed by atoms with Crippen LogP contribution in [0.4, 0.5) is 0 Å². The van der Waals surface area contributed by atoms with Gasteiger partial charge in [0.05, 0.1) is 11.6 Å². The molecule has 0 aromatic heterocycles. The van der Waals surface area contributed by atoms with Crippen molar-refractivity contribution in [3.05, 3.63) is 52.0 Å². The van der Waals surface area contributed by atoms with Crippen molar-refractivity contribution >= 4 is 39.1 Å². The number of halogens is 2. The molecule has 2 aliphatic rings. The van der Waals surface area contributed by atoms with Crippen LogP contribution >= 0.6 is 23.2 Å². The maximum Gasteiger partial charge on any atom is 0.246 e. The first-order chi connectivity index (χ1) is 15.3. The van der Waals surface area contributed by atoms with Crippen LogP contribution < -0.4 is 4.74 Å². The number of piperazine rings is 1. The number of rotatable bonds is 5. The number of amides is 1. The number of nitriles is 1. The zero-order chi connectivity index (χ0) is 22.9. The van der Waals surface area contributed by atoms with E-state index in [0.29, 0.717) is 23.1 Å². The quantitative estimate of drug-likeness (QED) is 0.619. The van der Waals surface area contributed by atoms with Crippen LogP contribution in [0.15, 0.2) is 41.3 Å². The van der Waals surface area contributed by atoms with Gasteiger partial charge in [-0.3, -0.25) is 4.79 Å². The normalized spacial score (nSPS) is 17.5. The number of nitrogens with zero attached hydrogens (tertiary/aromatic N) is 3. The monoisotopic (exact) mass is 493 g/mol. The second-order valence-electron chi connectivity index (χ2n) is 7.84. The zero-order valence-electron chi connectivity index (χ0n) is 17.1. The molecule has 2 aromatic rings. The number of carbonyl (C=O) groups excluding carboxylic acids is 1. The van der Waals surface area contributed by atoms with Crippen LogP contribution in [0.3, 0.4) is 0 Å². The molecule has 1 aliphatic heterocycles.